The van der Waals surface area contributed by atoms with Gasteiger partial charge in [0, 0.05) is 23.1 Å². The van der Waals surface area contributed by atoms with Gasteiger partial charge >= 0.3 is 0 Å². The van der Waals surface area contributed by atoms with E-state index in [9.17, 15) is 4.79 Å². The first-order valence-electron chi connectivity index (χ1n) is 5.11. The van der Waals surface area contributed by atoms with Gasteiger partial charge in [0.15, 0.2) is 5.15 Å². The predicted molar refractivity (Wildman–Crippen MR) is 73.9 cm³/mol. The molecule has 92 valence electrons. The monoisotopic (exact) mass is 325 g/mol. The Balaban J connectivity index is 2.27. The number of halogens is 2. The molecule has 2 rings (SSSR count). The fourth-order valence-corrected chi connectivity index (χ4v) is 2.01. The number of nitrogens with zero attached hydrogens (tertiary/aromatic N) is 2. The van der Waals surface area contributed by atoms with Crippen molar-refractivity contribution in [1.29, 1.82) is 0 Å². The lowest BCUT2D eigenvalue weighted by molar-refractivity contribution is 0.102. The molecule has 1 N–H and O–H groups in total. The van der Waals surface area contributed by atoms with Crippen molar-refractivity contribution in [3.63, 3.8) is 0 Å². The smallest absolute Gasteiger partial charge is 0.257 e. The van der Waals surface area contributed by atoms with E-state index in [1.165, 1.54) is 6.20 Å². The van der Waals surface area contributed by atoms with Crippen LogP contribution in [0.25, 0.3) is 0 Å². The highest BCUT2D eigenvalue weighted by Crippen LogP contribution is 2.23. The third-order valence-corrected chi connectivity index (χ3v) is 3.04. The Labute approximate surface area is 118 Å². The Morgan fingerprint density at radius 2 is 2.22 bits per heavy atom. The number of anilines is 1. The molecule has 0 aliphatic heterocycles. The van der Waals surface area contributed by atoms with E-state index >= 15 is 0 Å². The summed E-state index contributed by atoms with van der Waals surface area (Å²) >= 11 is 9.21. The van der Waals surface area contributed by atoms with Crippen LogP contribution >= 0.6 is 27.5 Å². The Bertz CT molecular complexity index is 583. The van der Waals surface area contributed by atoms with Crippen LogP contribution in [0.2, 0.25) is 5.15 Å². The molecule has 0 unspecified atom stereocenters. The van der Waals surface area contributed by atoms with Crippen molar-refractivity contribution in [2.75, 3.05) is 5.32 Å². The molecule has 2 aromatic heterocycles. The molecular weight excluding hydrogens is 318 g/mol. The minimum Gasteiger partial charge on any atom is -0.319 e. The highest BCUT2D eigenvalue weighted by atomic mass is 79.9. The average Bonchev–Trinajstić information content (AvgIpc) is 2.34. The quantitative estimate of drug-likeness (QED) is 0.860. The Morgan fingerprint density at radius 3 is 2.89 bits per heavy atom. The summed E-state index contributed by atoms with van der Waals surface area (Å²) in [6.07, 6.45) is 4.69. The molecule has 18 heavy (non-hydrogen) atoms. The lowest BCUT2D eigenvalue weighted by Crippen LogP contribution is -2.13. The molecule has 0 fully saturated rings. The van der Waals surface area contributed by atoms with Gasteiger partial charge in [-0.1, -0.05) is 11.6 Å². The number of carbonyl (C=O) groups excluding carboxylic acids is 1. The first-order valence-corrected chi connectivity index (χ1v) is 6.28. The van der Waals surface area contributed by atoms with Crippen molar-refractivity contribution in [3.05, 3.63) is 51.5 Å². The summed E-state index contributed by atoms with van der Waals surface area (Å²) in [5.74, 6) is -0.276. The normalized spacial score (nSPS) is 10.2. The number of carbonyl (C=O) groups is 1. The maximum absolute atomic E-state index is 12.0. The van der Waals surface area contributed by atoms with E-state index in [0.717, 1.165) is 10.0 Å². The molecule has 0 atom stereocenters. The summed E-state index contributed by atoms with van der Waals surface area (Å²) in [4.78, 5) is 19.9. The van der Waals surface area contributed by atoms with Crippen LogP contribution in [-0.2, 0) is 0 Å². The number of pyridine rings is 2. The van der Waals surface area contributed by atoms with Gasteiger partial charge in [0.1, 0.15) is 0 Å². The Kier molecular flexibility index (Phi) is 3.93. The average molecular weight is 327 g/mol. The molecule has 1 amide bonds. The number of amides is 1. The van der Waals surface area contributed by atoms with Gasteiger partial charge < -0.3 is 5.32 Å². The molecule has 0 bridgehead atoms. The van der Waals surface area contributed by atoms with Crippen LogP contribution in [0.15, 0.2) is 35.2 Å². The summed E-state index contributed by atoms with van der Waals surface area (Å²) in [6, 6.07) is 3.46. The van der Waals surface area contributed by atoms with Crippen LogP contribution in [0.3, 0.4) is 0 Å². The Morgan fingerprint density at radius 1 is 1.44 bits per heavy atom. The Hall–Kier alpha value is -1.46. The van der Waals surface area contributed by atoms with Gasteiger partial charge in [0.05, 0.1) is 11.3 Å². The molecule has 2 heterocycles. The maximum atomic E-state index is 12.0. The van der Waals surface area contributed by atoms with Gasteiger partial charge in [-0.3, -0.25) is 9.78 Å². The van der Waals surface area contributed by atoms with Crippen molar-refractivity contribution in [3.8, 4) is 0 Å². The lowest BCUT2D eigenvalue weighted by Gasteiger charge is -2.09. The summed E-state index contributed by atoms with van der Waals surface area (Å²) in [6.45, 7) is 1.85. The largest absolute Gasteiger partial charge is 0.319 e. The van der Waals surface area contributed by atoms with Crippen molar-refractivity contribution in [2.45, 2.75) is 6.92 Å². The zero-order valence-electron chi connectivity index (χ0n) is 9.45. The van der Waals surface area contributed by atoms with E-state index in [-0.39, 0.29) is 11.1 Å². The molecule has 0 aromatic carbocycles. The van der Waals surface area contributed by atoms with E-state index in [1.807, 2.05) is 6.92 Å². The summed E-state index contributed by atoms with van der Waals surface area (Å²) < 4.78 is 0.740. The van der Waals surface area contributed by atoms with Gasteiger partial charge in [0.2, 0.25) is 0 Å². The van der Waals surface area contributed by atoms with Crippen LogP contribution in [0.1, 0.15) is 15.9 Å². The van der Waals surface area contributed by atoms with Crippen molar-refractivity contribution < 1.29 is 4.79 Å². The number of hydrogen-bond acceptors (Lipinski definition) is 3. The molecule has 0 radical (unpaired) electrons. The molecular formula is C12H9BrClN3O. The molecule has 0 saturated heterocycles. The van der Waals surface area contributed by atoms with E-state index in [2.05, 4.69) is 31.2 Å². The van der Waals surface area contributed by atoms with Crippen LogP contribution < -0.4 is 5.32 Å². The first kappa shape index (κ1) is 13.0. The van der Waals surface area contributed by atoms with Crippen LogP contribution in [-0.4, -0.2) is 15.9 Å². The second-order valence-electron chi connectivity index (χ2n) is 3.64. The fraction of sp³-hybridized carbons (Fsp3) is 0.0833. The molecule has 0 saturated carbocycles. The SMILES string of the molecule is Cc1ccnc(Cl)c1NC(=O)c1cncc(Br)c1. The number of hydrogen-bond donors (Lipinski definition) is 1. The molecule has 4 nitrogen and oxygen atoms in total. The number of aryl methyl sites for hydroxylation is 1. The van der Waals surface area contributed by atoms with Gasteiger partial charge in [-0.25, -0.2) is 4.98 Å². The third-order valence-electron chi connectivity index (χ3n) is 2.32. The predicted octanol–water partition coefficient (Wildman–Crippen LogP) is 3.45. The fourth-order valence-electron chi connectivity index (χ4n) is 1.40. The molecule has 0 aliphatic rings. The van der Waals surface area contributed by atoms with E-state index in [4.69, 9.17) is 11.6 Å². The summed E-state index contributed by atoms with van der Waals surface area (Å²) in [5.41, 5.74) is 1.82. The van der Waals surface area contributed by atoms with Crippen LogP contribution in [0.5, 0.6) is 0 Å². The number of nitrogens with one attached hydrogen (secondary N) is 1. The van der Waals surface area contributed by atoms with Crippen LogP contribution in [0.4, 0.5) is 5.69 Å². The molecule has 0 aliphatic carbocycles. The molecule has 6 heteroatoms. The van der Waals surface area contributed by atoms with Crippen LogP contribution in [0, 0.1) is 6.92 Å². The number of aromatic nitrogens is 2. The van der Waals surface area contributed by atoms with Crippen molar-refractivity contribution >= 4 is 39.1 Å². The minimum absolute atomic E-state index is 0.270. The van der Waals surface area contributed by atoms with E-state index in [0.29, 0.717) is 11.3 Å². The lowest BCUT2D eigenvalue weighted by atomic mass is 10.2. The van der Waals surface area contributed by atoms with Gasteiger partial charge in [-0.05, 0) is 40.5 Å². The zero-order chi connectivity index (χ0) is 13.1. The van der Waals surface area contributed by atoms with Gasteiger partial charge in [0.25, 0.3) is 5.91 Å². The topological polar surface area (TPSA) is 54.9 Å². The maximum Gasteiger partial charge on any atom is 0.257 e. The summed E-state index contributed by atoms with van der Waals surface area (Å²) in [5, 5.41) is 3.00. The summed E-state index contributed by atoms with van der Waals surface area (Å²) in [7, 11) is 0. The second-order valence-corrected chi connectivity index (χ2v) is 4.91. The second kappa shape index (κ2) is 5.46. The zero-order valence-corrected chi connectivity index (χ0v) is 11.8. The minimum atomic E-state index is -0.276. The highest BCUT2D eigenvalue weighted by Gasteiger charge is 2.11. The highest BCUT2D eigenvalue weighted by molar-refractivity contribution is 9.10. The van der Waals surface area contributed by atoms with Crippen molar-refractivity contribution in [2.24, 2.45) is 0 Å². The van der Waals surface area contributed by atoms with E-state index in [1.54, 1.807) is 24.5 Å². The molecule has 0 spiro atoms. The number of rotatable bonds is 2. The van der Waals surface area contributed by atoms with Gasteiger partial charge in [-0.2, -0.15) is 0 Å². The third kappa shape index (κ3) is 2.86. The molecule has 2 aromatic rings. The standard InChI is InChI=1S/C12H9BrClN3O/c1-7-2-3-16-11(14)10(7)17-12(18)8-4-9(13)6-15-5-8/h2-6H,1H3,(H,17,18). The van der Waals surface area contributed by atoms with Crippen molar-refractivity contribution in [1.82, 2.24) is 9.97 Å². The first-order chi connectivity index (χ1) is 8.58. The van der Waals surface area contributed by atoms with E-state index < -0.39 is 0 Å². The van der Waals surface area contributed by atoms with Gasteiger partial charge in [-0.15, -0.1) is 0 Å².